The summed E-state index contributed by atoms with van der Waals surface area (Å²) in [6.07, 6.45) is 2.04. The number of carbonyl (C=O) groups excluding carboxylic acids is 2. The Labute approximate surface area is 159 Å². The van der Waals surface area contributed by atoms with Crippen molar-refractivity contribution < 1.29 is 19.5 Å². The molecule has 1 saturated heterocycles. The maximum atomic E-state index is 11.0. The van der Waals surface area contributed by atoms with Gasteiger partial charge < -0.3 is 21.9 Å². The van der Waals surface area contributed by atoms with Gasteiger partial charge in [-0.1, -0.05) is 41.7 Å². The first-order chi connectivity index (χ1) is 12.9. The Morgan fingerprint density at radius 1 is 1.22 bits per heavy atom. The van der Waals surface area contributed by atoms with Gasteiger partial charge in [-0.2, -0.15) is 0 Å². The van der Waals surface area contributed by atoms with Crippen molar-refractivity contribution >= 4 is 34.2 Å². The zero-order valence-corrected chi connectivity index (χ0v) is 15.3. The number of nitrogens with one attached hydrogen (secondary N) is 2. The number of hydrogen-bond donors (Lipinski definition) is 5. The number of nitrogens with two attached hydrogens (primary N) is 2. The average molecular weight is 391 g/mol. The summed E-state index contributed by atoms with van der Waals surface area (Å²) in [6, 6.07) is 8.27. The van der Waals surface area contributed by atoms with Gasteiger partial charge in [-0.25, -0.2) is 14.6 Å². The molecule has 144 valence electrons. The van der Waals surface area contributed by atoms with Gasteiger partial charge in [0, 0.05) is 12.1 Å². The number of hydrogen-bond acceptors (Lipinski definition) is 6. The monoisotopic (exact) mass is 391 g/mol. The fourth-order valence-electron chi connectivity index (χ4n) is 2.46. The molecule has 1 aromatic heterocycles. The first kappa shape index (κ1) is 20.3. The summed E-state index contributed by atoms with van der Waals surface area (Å²) in [6.45, 7) is 1.80. The van der Waals surface area contributed by atoms with Crippen LogP contribution in [0.5, 0.6) is 0 Å². The van der Waals surface area contributed by atoms with Crippen LogP contribution in [0.1, 0.15) is 23.3 Å². The Morgan fingerprint density at radius 3 is 2.41 bits per heavy atom. The number of carboxylic acids is 1. The van der Waals surface area contributed by atoms with E-state index >= 15 is 0 Å². The quantitative estimate of drug-likeness (QED) is 0.530. The van der Waals surface area contributed by atoms with Gasteiger partial charge in [0.2, 0.25) is 5.91 Å². The average Bonchev–Trinajstić information content (AvgIpc) is 3.07. The van der Waals surface area contributed by atoms with Crippen molar-refractivity contribution in [3.05, 3.63) is 36.0 Å². The molecular formula is C17H21N5O4S. The summed E-state index contributed by atoms with van der Waals surface area (Å²) < 4.78 is 0. The second-order valence-corrected chi connectivity index (χ2v) is 6.80. The Morgan fingerprint density at radius 2 is 1.93 bits per heavy atom. The van der Waals surface area contributed by atoms with Crippen LogP contribution in [0, 0.1) is 5.92 Å². The number of aromatic carboxylic acids is 1. The van der Waals surface area contributed by atoms with Crippen molar-refractivity contribution in [1.29, 1.82) is 0 Å². The lowest BCUT2D eigenvalue weighted by Gasteiger charge is -2.18. The van der Waals surface area contributed by atoms with Gasteiger partial charge in [0.25, 0.3) is 0 Å². The number of carboxylic acid groups (broad SMARTS) is 1. The van der Waals surface area contributed by atoms with Crippen LogP contribution in [0.2, 0.25) is 0 Å². The van der Waals surface area contributed by atoms with E-state index in [0.29, 0.717) is 5.01 Å². The second kappa shape index (κ2) is 9.64. The van der Waals surface area contributed by atoms with E-state index in [1.165, 1.54) is 0 Å². The van der Waals surface area contributed by atoms with Crippen LogP contribution >= 0.6 is 11.3 Å². The van der Waals surface area contributed by atoms with Gasteiger partial charge in [-0.05, 0) is 19.4 Å². The molecule has 3 amide bonds. The highest BCUT2D eigenvalue weighted by molar-refractivity contribution is 7.19. The van der Waals surface area contributed by atoms with E-state index in [1.807, 2.05) is 18.2 Å². The molecular weight excluding hydrogens is 370 g/mol. The summed E-state index contributed by atoms with van der Waals surface area (Å²) in [7, 11) is 0. The van der Waals surface area contributed by atoms with E-state index < -0.39 is 12.0 Å². The number of anilines is 1. The minimum absolute atomic E-state index is 0.0822. The van der Waals surface area contributed by atoms with Crippen LogP contribution in [0.3, 0.4) is 0 Å². The third-order valence-electron chi connectivity index (χ3n) is 3.79. The standard InChI is InChI=1S/C11H9N3O3S.C6H12N2O/c12-11(17)14-9-7(10(15)16)13-8(18-9)6-4-2-1-3-5-6;7-6(9)5-2-1-3-8-4-5/h1-5H,(H,15,16)(H3,12,14,17);5,8H,1-4H2,(H2,7,9)/t;5-/m.0/s1. The molecule has 1 fully saturated rings. The fraction of sp³-hybridized carbons (Fsp3) is 0.294. The van der Waals surface area contributed by atoms with Gasteiger partial charge in [0.1, 0.15) is 10.0 Å². The molecule has 9 nitrogen and oxygen atoms in total. The first-order valence-electron chi connectivity index (χ1n) is 8.24. The number of thiazole rings is 1. The van der Waals surface area contributed by atoms with Gasteiger partial charge in [0.15, 0.2) is 5.69 Å². The number of primary amides is 2. The van der Waals surface area contributed by atoms with E-state index in [9.17, 15) is 14.4 Å². The van der Waals surface area contributed by atoms with Crippen LogP contribution in [0.15, 0.2) is 30.3 Å². The maximum Gasteiger partial charge on any atom is 0.357 e. The van der Waals surface area contributed by atoms with E-state index in [1.54, 1.807) is 12.1 Å². The molecule has 1 aliphatic rings. The molecule has 7 N–H and O–H groups in total. The van der Waals surface area contributed by atoms with Gasteiger partial charge in [-0.15, -0.1) is 0 Å². The van der Waals surface area contributed by atoms with Crippen LogP contribution in [-0.4, -0.2) is 41.1 Å². The molecule has 1 aromatic carbocycles. The number of amides is 3. The molecule has 0 unspecified atom stereocenters. The summed E-state index contributed by atoms with van der Waals surface area (Å²) in [4.78, 5) is 36.3. The highest BCUT2D eigenvalue weighted by Gasteiger charge is 2.19. The Bertz CT molecular complexity index is 803. The summed E-state index contributed by atoms with van der Waals surface area (Å²) >= 11 is 1.07. The summed E-state index contributed by atoms with van der Waals surface area (Å²) in [5.74, 6) is -1.29. The molecule has 0 bridgehead atoms. The lowest BCUT2D eigenvalue weighted by atomic mass is 9.99. The van der Waals surface area contributed by atoms with Crippen molar-refractivity contribution in [2.45, 2.75) is 12.8 Å². The molecule has 0 spiro atoms. The van der Waals surface area contributed by atoms with E-state index in [2.05, 4.69) is 15.6 Å². The number of piperidine rings is 1. The molecule has 0 aliphatic carbocycles. The number of nitrogens with zero attached hydrogens (tertiary/aromatic N) is 1. The zero-order valence-electron chi connectivity index (χ0n) is 14.5. The summed E-state index contributed by atoms with van der Waals surface area (Å²) in [5.41, 5.74) is 10.6. The van der Waals surface area contributed by atoms with Crippen LogP contribution in [0.4, 0.5) is 9.80 Å². The number of rotatable bonds is 4. The van der Waals surface area contributed by atoms with E-state index in [4.69, 9.17) is 16.6 Å². The Kier molecular flexibility index (Phi) is 7.26. The molecule has 27 heavy (non-hydrogen) atoms. The molecule has 1 atom stereocenters. The molecule has 10 heteroatoms. The Balaban J connectivity index is 0.000000244. The van der Waals surface area contributed by atoms with Crippen molar-refractivity contribution in [3.63, 3.8) is 0 Å². The number of benzene rings is 1. The molecule has 1 aliphatic heterocycles. The van der Waals surface area contributed by atoms with Crippen LogP contribution in [0.25, 0.3) is 10.6 Å². The Hall–Kier alpha value is -2.98. The number of urea groups is 1. The van der Waals surface area contributed by atoms with E-state index in [0.717, 1.165) is 42.8 Å². The van der Waals surface area contributed by atoms with Gasteiger partial charge >= 0.3 is 12.0 Å². The van der Waals surface area contributed by atoms with Crippen molar-refractivity contribution in [2.24, 2.45) is 17.4 Å². The molecule has 2 aromatic rings. The highest BCUT2D eigenvalue weighted by Crippen LogP contribution is 2.31. The second-order valence-electron chi connectivity index (χ2n) is 5.80. The highest BCUT2D eigenvalue weighted by atomic mass is 32.1. The number of carbonyl (C=O) groups is 3. The lowest BCUT2D eigenvalue weighted by molar-refractivity contribution is -0.122. The van der Waals surface area contributed by atoms with Crippen molar-refractivity contribution in [1.82, 2.24) is 10.3 Å². The smallest absolute Gasteiger partial charge is 0.357 e. The largest absolute Gasteiger partial charge is 0.476 e. The van der Waals surface area contributed by atoms with Crippen molar-refractivity contribution in [3.8, 4) is 10.6 Å². The SMILES string of the molecule is NC(=O)Nc1sc(-c2ccccc2)nc1C(=O)O.NC(=O)[C@H]1CCCNC1. The van der Waals surface area contributed by atoms with Gasteiger partial charge in [-0.3, -0.25) is 10.1 Å². The fourth-order valence-corrected chi connectivity index (χ4v) is 3.43. The predicted octanol–water partition coefficient (Wildman–Crippen LogP) is 1.47. The molecule has 3 rings (SSSR count). The third-order valence-corrected chi connectivity index (χ3v) is 4.81. The van der Waals surface area contributed by atoms with Crippen LogP contribution in [-0.2, 0) is 4.79 Å². The summed E-state index contributed by atoms with van der Waals surface area (Å²) in [5, 5.41) is 15.0. The first-order valence-corrected chi connectivity index (χ1v) is 9.06. The normalized spacial score (nSPS) is 15.9. The van der Waals surface area contributed by atoms with Crippen molar-refractivity contribution in [2.75, 3.05) is 18.4 Å². The predicted molar refractivity (Wildman–Crippen MR) is 103 cm³/mol. The number of aromatic nitrogens is 1. The minimum atomic E-state index is -1.21. The van der Waals surface area contributed by atoms with Crippen LogP contribution < -0.4 is 22.1 Å². The lowest BCUT2D eigenvalue weighted by Crippen LogP contribution is -2.37. The topological polar surface area (TPSA) is 160 Å². The molecule has 2 heterocycles. The maximum absolute atomic E-state index is 11.0. The molecule has 0 saturated carbocycles. The van der Waals surface area contributed by atoms with Gasteiger partial charge in [0.05, 0.1) is 5.92 Å². The third kappa shape index (κ3) is 6.04. The molecule has 0 radical (unpaired) electrons. The van der Waals surface area contributed by atoms with E-state index in [-0.39, 0.29) is 22.5 Å². The minimum Gasteiger partial charge on any atom is -0.476 e. The zero-order chi connectivity index (χ0) is 19.8.